The van der Waals surface area contributed by atoms with E-state index in [1.807, 2.05) is 6.92 Å². The van der Waals surface area contributed by atoms with Gasteiger partial charge >= 0.3 is 5.97 Å². The van der Waals surface area contributed by atoms with E-state index in [4.69, 9.17) is 4.74 Å². The number of carbonyl (C=O) groups is 4. The SMILES string of the molecule is CCOc1ccc(/C=C(/NC(=O)c2ccccc2)C(=O)Nc2cccc(SCC(=O)Nc3cc(C(=O)O)ccc3C)c2)cc1. The normalized spacial score (nSPS) is 10.9. The van der Waals surface area contributed by atoms with Gasteiger partial charge in [0, 0.05) is 21.8 Å². The number of hydrogen-bond acceptors (Lipinski definition) is 6. The van der Waals surface area contributed by atoms with Crippen molar-refractivity contribution in [2.45, 2.75) is 18.7 Å². The van der Waals surface area contributed by atoms with Crippen LogP contribution >= 0.6 is 11.8 Å². The van der Waals surface area contributed by atoms with Crippen LogP contribution in [-0.4, -0.2) is 41.2 Å². The van der Waals surface area contributed by atoms with Gasteiger partial charge in [-0.05, 0) is 85.6 Å². The Hall–Kier alpha value is -5.35. The number of ether oxygens (including phenoxy) is 1. The summed E-state index contributed by atoms with van der Waals surface area (Å²) in [6.45, 7) is 4.20. The summed E-state index contributed by atoms with van der Waals surface area (Å²) in [7, 11) is 0. The highest BCUT2D eigenvalue weighted by molar-refractivity contribution is 8.00. The number of rotatable bonds is 12. The average Bonchev–Trinajstić information content (AvgIpc) is 3.02. The van der Waals surface area contributed by atoms with Crippen LogP contribution < -0.4 is 20.7 Å². The monoisotopic (exact) mass is 609 g/mol. The molecule has 4 N–H and O–H groups in total. The molecule has 0 spiro atoms. The Balaban J connectivity index is 1.45. The number of aromatic carboxylic acids is 1. The highest BCUT2D eigenvalue weighted by Gasteiger charge is 2.16. The lowest BCUT2D eigenvalue weighted by molar-refractivity contribution is -0.114. The van der Waals surface area contributed by atoms with E-state index < -0.39 is 17.8 Å². The molecule has 0 heterocycles. The van der Waals surface area contributed by atoms with Crippen LogP contribution in [-0.2, 0) is 9.59 Å². The molecule has 4 rings (SSSR count). The highest BCUT2D eigenvalue weighted by atomic mass is 32.2. The Morgan fingerprint density at radius 3 is 2.30 bits per heavy atom. The molecule has 0 aromatic heterocycles. The van der Waals surface area contributed by atoms with Crippen molar-refractivity contribution in [1.82, 2.24) is 5.32 Å². The summed E-state index contributed by atoms with van der Waals surface area (Å²) in [4.78, 5) is 51.0. The fourth-order valence-electron chi connectivity index (χ4n) is 4.02. The van der Waals surface area contributed by atoms with E-state index in [9.17, 15) is 24.3 Å². The number of thioether (sulfide) groups is 1. The van der Waals surface area contributed by atoms with E-state index in [0.717, 1.165) is 10.5 Å². The molecular weight excluding hydrogens is 578 g/mol. The molecular formula is C34H31N3O6S. The second-order valence-electron chi connectivity index (χ2n) is 9.53. The van der Waals surface area contributed by atoms with Crippen LogP contribution in [0.25, 0.3) is 6.08 Å². The van der Waals surface area contributed by atoms with Gasteiger partial charge in [0.2, 0.25) is 5.91 Å². The molecule has 4 aromatic carbocycles. The quantitative estimate of drug-likeness (QED) is 0.110. The molecule has 0 saturated heterocycles. The zero-order valence-corrected chi connectivity index (χ0v) is 24.9. The molecule has 0 aliphatic carbocycles. The predicted octanol–water partition coefficient (Wildman–Crippen LogP) is 6.23. The van der Waals surface area contributed by atoms with Gasteiger partial charge in [0.05, 0.1) is 17.9 Å². The van der Waals surface area contributed by atoms with Crippen molar-refractivity contribution in [1.29, 1.82) is 0 Å². The van der Waals surface area contributed by atoms with Crippen molar-refractivity contribution >= 4 is 52.9 Å². The third-order valence-corrected chi connectivity index (χ3v) is 7.25. The maximum Gasteiger partial charge on any atom is 0.335 e. The predicted molar refractivity (Wildman–Crippen MR) is 172 cm³/mol. The Labute approximate surface area is 259 Å². The van der Waals surface area contributed by atoms with Crippen molar-refractivity contribution in [2.75, 3.05) is 23.0 Å². The summed E-state index contributed by atoms with van der Waals surface area (Å²) in [5.41, 5.74) is 2.85. The molecule has 0 radical (unpaired) electrons. The van der Waals surface area contributed by atoms with E-state index in [0.29, 0.717) is 34.9 Å². The van der Waals surface area contributed by atoms with Crippen LogP contribution in [0.2, 0.25) is 0 Å². The number of amides is 3. The minimum Gasteiger partial charge on any atom is -0.494 e. The Morgan fingerprint density at radius 1 is 0.841 bits per heavy atom. The first-order valence-corrected chi connectivity index (χ1v) is 14.7. The number of anilines is 2. The molecule has 3 amide bonds. The second-order valence-corrected chi connectivity index (χ2v) is 10.6. The number of aryl methyl sites for hydroxylation is 1. The van der Waals surface area contributed by atoms with Gasteiger partial charge in [-0.2, -0.15) is 0 Å². The van der Waals surface area contributed by atoms with Gasteiger partial charge in [-0.1, -0.05) is 42.5 Å². The topological polar surface area (TPSA) is 134 Å². The Kier molecular flexibility index (Phi) is 10.9. The van der Waals surface area contributed by atoms with Crippen LogP contribution in [0.3, 0.4) is 0 Å². The molecule has 0 unspecified atom stereocenters. The van der Waals surface area contributed by atoms with Crippen molar-refractivity contribution in [3.63, 3.8) is 0 Å². The first kappa shape index (κ1) is 31.6. The van der Waals surface area contributed by atoms with Gasteiger partial charge in [0.15, 0.2) is 0 Å². The summed E-state index contributed by atoms with van der Waals surface area (Å²) in [5, 5.41) is 17.5. The molecule has 0 fully saturated rings. The second kappa shape index (κ2) is 15.2. The van der Waals surface area contributed by atoms with Gasteiger partial charge in [0.25, 0.3) is 11.8 Å². The number of carbonyl (C=O) groups excluding carboxylic acids is 3. The van der Waals surface area contributed by atoms with Gasteiger partial charge in [-0.15, -0.1) is 11.8 Å². The average molecular weight is 610 g/mol. The van der Waals surface area contributed by atoms with Crippen molar-refractivity contribution in [3.8, 4) is 5.75 Å². The number of nitrogens with one attached hydrogen (secondary N) is 3. The molecule has 0 saturated carbocycles. The summed E-state index contributed by atoms with van der Waals surface area (Å²) in [5.74, 6) is -1.60. The standard InChI is InChI=1S/C34H31N3O6S/c1-3-43-27-16-13-23(14-17-27)18-30(37-32(39)24-8-5-4-6-9-24)33(40)35-26-10-7-11-28(20-26)44-21-31(38)36-29-19-25(34(41)42)15-12-22(29)2/h4-20H,3,21H2,1-2H3,(H,35,40)(H,36,38)(H,37,39)(H,41,42)/b30-18+. The van der Waals surface area contributed by atoms with E-state index in [2.05, 4.69) is 16.0 Å². The van der Waals surface area contributed by atoms with Crippen LogP contribution in [0.5, 0.6) is 5.75 Å². The minimum absolute atomic E-state index is 0.0411. The van der Waals surface area contributed by atoms with Crippen LogP contribution in [0.4, 0.5) is 11.4 Å². The first-order valence-electron chi connectivity index (χ1n) is 13.7. The number of benzene rings is 4. The van der Waals surface area contributed by atoms with E-state index in [-0.39, 0.29) is 22.9 Å². The molecule has 0 bridgehead atoms. The zero-order valence-electron chi connectivity index (χ0n) is 24.1. The van der Waals surface area contributed by atoms with Crippen molar-refractivity contribution in [3.05, 3.63) is 125 Å². The summed E-state index contributed by atoms with van der Waals surface area (Å²) < 4.78 is 5.49. The number of carboxylic acids is 1. The summed E-state index contributed by atoms with van der Waals surface area (Å²) >= 11 is 1.25. The Morgan fingerprint density at radius 2 is 1.59 bits per heavy atom. The van der Waals surface area contributed by atoms with Gasteiger partial charge in [-0.25, -0.2) is 4.79 Å². The summed E-state index contributed by atoms with van der Waals surface area (Å²) in [6.07, 6.45) is 1.58. The van der Waals surface area contributed by atoms with Crippen LogP contribution in [0.15, 0.2) is 108 Å². The lowest BCUT2D eigenvalue weighted by atomic mass is 10.1. The maximum atomic E-state index is 13.4. The zero-order chi connectivity index (χ0) is 31.5. The summed E-state index contributed by atoms with van der Waals surface area (Å²) in [6, 6.07) is 27.2. The highest BCUT2D eigenvalue weighted by Crippen LogP contribution is 2.24. The maximum absolute atomic E-state index is 13.4. The van der Waals surface area contributed by atoms with Crippen molar-refractivity contribution < 1.29 is 29.0 Å². The molecule has 44 heavy (non-hydrogen) atoms. The molecule has 0 aliphatic heterocycles. The number of carboxylic acid groups (broad SMARTS) is 1. The third-order valence-electron chi connectivity index (χ3n) is 6.25. The molecule has 9 nitrogen and oxygen atoms in total. The lowest BCUT2D eigenvalue weighted by Crippen LogP contribution is -2.30. The van der Waals surface area contributed by atoms with E-state index >= 15 is 0 Å². The Bertz CT molecular complexity index is 1690. The molecule has 4 aromatic rings. The lowest BCUT2D eigenvalue weighted by Gasteiger charge is -2.13. The van der Waals surface area contributed by atoms with Crippen LogP contribution in [0.1, 0.15) is 38.8 Å². The first-order chi connectivity index (χ1) is 21.2. The van der Waals surface area contributed by atoms with Gasteiger partial charge < -0.3 is 25.8 Å². The molecule has 10 heteroatoms. The van der Waals surface area contributed by atoms with E-state index in [1.54, 1.807) is 97.9 Å². The third kappa shape index (κ3) is 9.07. The fraction of sp³-hybridized carbons (Fsp3) is 0.118. The minimum atomic E-state index is -1.08. The number of hydrogen-bond donors (Lipinski definition) is 4. The van der Waals surface area contributed by atoms with Crippen molar-refractivity contribution in [2.24, 2.45) is 0 Å². The van der Waals surface area contributed by atoms with E-state index in [1.165, 1.54) is 23.9 Å². The van der Waals surface area contributed by atoms with Gasteiger partial charge in [-0.3, -0.25) is 14.4 Å². The molecule has 224 valence electrons. The molecule has 0 atom stereocenters. The fourth-order valence-corrected chi connectivity index (χ4v) is 4.78. The molecule has 0 aliphatic rings. The largest absolute Gasteiger partial charge is 0.494 e. The van der Waals surface area contributed by atoms with Gasteiger partial charge in [0.1, 0.15) is 11.4 Å². The van der Waals surface area contributed by atoms with Crippen LogP contribution in [0, 0.1) is 6.92 Å². The smallest absolute Gasteiger partial charge is 0.335 e.